The van der Waals surface area contributed by atoms with Crippen molar-refractivity contribution < 1.29 is 14.3 Å². The SMILES string of the molecule is CC.CCCC(=O)Cc1c(C)c(C)c2c(c1C)CCC(CCCC(C)CCCC(C)CCCC(C)C)C2.CCCCOC=O. The molecule has 0 radical (unpaired) electrons. The first-order chi connectivity index (χ1) is 21.0. The number of hydrogen-bond donors (Lipinski definition) is 0. The zero-order chi connectivity index (χ0) is 33.5. The smallest absolute Gasteiger partial charge is 0.293 e. The molecule has 0 heterocycles. The summed E-state index contributed by atoms with van der Waals surface area (Å²) in [6.45, 7) is 25.7. The van der Waals surface area contributed by atoms with Crippen molar-refractivity contribution in [3.8, 4) is 0 Å². The van der Waals surface area contributed by atoms with Gasteiger partial charge in [-0.05, 0) is 110 Å². The summed E-state index contributed by atoms with van der Waals surface area (Å²) < 4.78 is 4.39. The minimum atomic E-state index is 0.404. The van der Waals surface area contributed by atoms with Crippen molar-refractivity contribution in [1.82, 2.24) is 0 Å². The molecule has 3 nitrogen and oxygen atoms in total. The average molecular weight is 615 g/mol. The minimum absolute atomic E-state index is 0.404. The van der Waals surface area contributed by atoms with Crippen LogP contribution in [-0.4, -0.2) is 18.9 Å². The van der Waals surface area contributed by atoms with E-state index >= 15 is 0 Å². The molecule has 3 unspecified atom stereocenters. The van der Waals surface area contributed by atoms with Crippen LogP contribution in [0, 0.1) is 44.4 Å². The van der Waals surface area contributed by atoms with Crippen LogP contribution in [0.1, 0.15) is 179 Å². The van der Waals surface area contributed by atoms with Gasteiger partial charge in [0.25, 0.3) is 6.47 Å². The van der Waals surface area contributed by atoms with E-state index in [0.29, 0.717) is 31.7 Å². The number of benzene rings is 1. The Kier molecular flexibility index (Phi) is 24.6. The van der Waals surface area contributed by atoms with Crippen molar-refractivity contribution in [3.05, 3.63) is 33.4 Å². The highest BCUT2D eigenvalue weighted by molar-refractivity contribution is 5.82. The first kappa shape index (κ1) is 42.4. The molecular weight excluding hydrogens is 540 g/mol. The number of unbranched alkanes of at least 4 members (excludes halogenated alkanes) is 1. The summed E-state index contributed by atoms with van der Waals surface area (Å²) in [6.07, 6.45) is 20.8. The third kappa shape index (κ3) is 17.2. The van der Waals surface area contributed by atoms with Crippen molar-refractivity contribution in [2.24, 2.45) is 23.7 Å². The van der Waals surface area contributed by atoms with Gasteiger partial charge in [-0.15, -0.1) is 0 Å². The Bertz CT molecular complexity index is 900. The summed E-state index contributed by atoms with van der Waals surface area (Å²) in [5.41, 5.74) is 8.84. The molecule has 0 spiro atoms. The maximum absolute atomic E-state index is 12.4. The number of rotatable bonds is 20. The standard InChI is InChI=1S/C34H58O.C5H10O2.C2H6/c1-9-13-31(35)23-33-27(6)28(7)34-22-30(20-21-32(34)29(33)8)19-12-18-26(5)17-11-16-25(4)15-10-14-24(2)3;1-2-3-4-7-5-6;1-2/h24-26,30H,9-23H2,1-8H3;5H,2-4H2,1H3;1-2H3. The molecule has 0 aliphatic heterocycles. The van der Waals surface area contributed by atoms with E-state index in [2.05, 4.69) is 60.1 Å². The molecule has 3 atom stereocenters. The van der Waals surface area contributed by atoms with E-state index in [4.69, 9.17) is 0 Å². The monoisotopic (exact) mass is 615 g/mol. The lowest BCUT2D eigenvalue weighted by atomic mass is 9.75. The summed E-state index contributed by atoms with van der Waals surface area (Å²) in [5, 5.41) is 0. The maximum atomic E-state index is 12.4. The molecule has 0 amide bonds. The number of ether oxygens (including phenoxy) is 1. The Morgan fingerprint density at radius 3 is 1.93 bits per heavy atom. The molecule has 3 heteroatoms. The fourth-order valence-corrected chi connectivity index (χ4v) is 6.81. The Morgan fingerprint density at radius 2 is 1.39 bits per heavy atom. The first-order valence-corrected chi connectivity index (χ1v) is 18.7. The van der Waals surface area contributed by atoms with Crippen molar-refractivity contribution >= 4 is 12.3 Å². The third-order valence-electron chi connectivity index (χ3n) is 9.80. The molecule has 1 aromatic rings. The van der Waals surface area contributed by atoms with Crippen LogP contribution >= 0.6 is 0 Å². The Hall–Kier alpha value is -1.64. The number of carbonyl (C=O) groups excluding carboxylic acids is 2. The van der Waals surface area contributed by atoms with Crippen LogP contribution in [0.3, 0.4) is 0 Å². The van der Waals surface area contributed by atoms with E-state index < -0.39 is 0 Å². The highest BCUT2D eigenvalue weighted by atomic mass is 16.5. The predicted octanol–water partition coefficient (Wildman–Crippen LogP) is 12.1. The molecule has 0 aromatic heterocycles. The molecule has 1 aliphatic carbocycles. The number of ketones is 1. The number of carbonyl (C=O) groups is 2. The zero-order valence-electron chi connectivity index (χ0n) is 31.3. The van der Waals surface area contributed by atoms with Gasteiger partial charge in [0.15, 0.2) is 0 Å². The summed E-state index contributed by atoms with van der Waals surface area (Å²) in [5.74, 6) is 3.89. The second kappa shape index (κ2) is 25.5. The fourth-order valence-electron chi connectivity index (χ4n) is 6.81. The minimum Gasteiger partial charge on any atom is -0.468 e. The van der Waals surface area contributed by atoms with Gasteiger partial charge in [-0.2, -0.15) is 0 Å². The van der Waals surface area contributed by atoms with E-state index in [1.54, 1.807) is 11.1 Å². The number of fused-ring (bicyclic) bond motifs is 1. The molecule has 1 aliphatic rings. The second-order valence-electron chi connectivity index (χ2n) is 14.1. The number of Topliss-reactive ketones (excluding diaryl/α,β-unsaturated/α-hetero) is 1. The maximum Gasteiger partial charge on any atom is 0.293 e. The molecule has 0 saturated carbocycles. The lowest BCUT2D eigenvalue weighted by molar-refractivity contribution is -0.128. The highest BCUT2D eigenvalue weighted by Gasteiger charge is 2.25. The summed E-state index contributed by atoms with van der Waals surface area (Å²) in [4.78, 5) is 21.8. The van der Waals surface area contributed by atoms with Crippen molar-refractivity contribution in [3.63, 3.8) is 0 Å². The van der Waals surface area contributed by atoms with Crippen LogP contribution in [0.2, 0.25) is 0 Å². The van der Waals surface area contributed by atoms with Crippen LogP contribution in [0.5, 0.6) is 0 Å². The van der Waals surface area contributed by atoms with Gasteiger partial charge in [-0.1, -0.05) is 120 Å². The van der Waals surface area contributed by atoms with Gasteiger partial charge in [-0.25, -0.2) is 0 Å². The molecule has 2 rings (SSSR count). The molecule has 44 heavy (non-hydrogen) atoms. The molecule has 256 valence electrons. The largest absolute Gasteiger partial charge is 0.468 e. The van der Waals surface area contributed by atoms with Crippen LogP contribution in [0.4, 0.5) is 0 Å². The lowest BCUT2D eigenvalue weighted by Crippen LogP contribution is -2.20. The van der Waals surface area contributed by atoms with E-state index in [1.807, 2.05) is 20.8 Å². The fraction of sp³-hybridized carbons (Fsp3) is 0.805. The first-order valence-electron chi connectivity index (χ1n) is 18.7. The Labute approximate surface area is 275 Å². The molecule has 1 aromatic carbocycles. The van der Waals surface area contributed by atoms with E-state index in [-0.39, 0.29) is 0 Å². The van der Waals surface area contributed by atoms with Crippen molar-refractivity contribution in [2.75, 3.05) is 6.61 Å². The molecular formula is C41H74O3. The van der Waals surface area contributed by atoms with E-state index in [0.717, 1.165) is 42.9 Å². The van der Waals surface area contributed by atoms with E-state index in [1.165, 1.54) is 99.3 Å². The quantitative estimate of drug-likeness (QED) is 0.108. The number of hydrogen-bond acceptors (Lipinski definition) is 3. The van der Waals surface area contributed by atoms with Gasteiger partial charge >= 0.3 is 0 Å². The van der Waals surface area contributed by atoms with Gasteiger partial charge in [0, 0.05) is 12.8 Å². The van der Waals surface area contributed by atoms with Crippen molar-refractivity contribution in [2.45, 2.75) is 185 Å². The van der Waals surface area contributed by atoms with Crippen LogP contribution in [0.15, 0.2) is 0 Å². The Morgan fingerprint density at radius 1 is 0.795 bits per heavy atom. The van der Waals surface area contributed by atoms with Gasteiger partial charge in [0.2, 0.25) is 0 Å². The Balaban J connectivity index is 0.00000180. The van der Waals surface area contributed by atoms with Crippen LogP contribution < -0.4 is 0 Å². The van der Waals surface area contributed by atoms with Gasteiger partial charge in [0.05, 0.1) is 6.61 Å². The zero-order valence-corrected chi connectivity index (χ0v) is 31.3. The lowest BCUT2D eigenvalue weighted by Gasteiger charge is -2.30. The third-order valence-corrected chi connectivity index (χ3v) is 9.80. The average Bonchev–Trinajstić information content (AvgIpc) is 3.00. The van der Waals surface area contributed by atoms with Crippen molar-refractivity contribution in [1.29, 1.82) is 0 Å². The summed E-state index contributed by atoms with van der Waals surface area (Å²) >= 11 is 0. The second-order valence-corrected chi connectivity index (χ2v) is 14.1. The van der Waals surface area contributed by atoms with Gasteiger partial charge < -0.3 is 4.74 Å². The van der Waals surface area contributed by atoms with Crippen LogP contribution in [0.25, 0.3) is 0 Å². The summed E-state index contributed by atoms with van der Waals surface area (Å²) in [7, 11) is 0. The highest BCUT2D eigenvalue weighted by Crippen LogP contribution is 2.37. The topological polar surface area (TPSA) is 43.4 Å². The molecule has 0 fully saturated rings. The van der Waals surface area contributed by atoms with Crippen LogP contribution in [-0.2, 0) is 33.6 Å². The molecule has 0 bridgehead atoms. The normalized spacial score (nSPS) is 15.3. The molecule has 0 saturated heterocycles. The summed E-state index contributed by atoms with van der Waals surface area (Å²) in [6, 6.07) is 0. The van der Waals surface area contributed by atoms with Gasteiger partial charge in [0.1, 0.15) is 5.78 Å². The predicted molar refractivity (Wildman–Crippen MR) is 193 cm³/mol. The van der Waals surface area contributed by atoms with Gasteiger partial charge in [-0.3, -0.25) is 9.59 Å². The van der Waals surface area contributed by atoms with E-state index in [9.17, 15) is 9.59 Å². The molecule has 0 N–H and O–H groups in total.